The molecule has 2 amide bonds. The lowest BCUT2D eigenvalue weighted by molar-refractivity contribution is -0.117. The van der Waals surface area contributed by atoms with Gasteiger partial charge in [0.25, 0.3) is 5.91 Å². The SMILES string of the molecule is CC(=O)N(c1ccccc1)C1CC(C)N(C(=O)c2cnc3ccccc3c2)c2ccccc21. The number of fused-ring (bicyclic) bond motifs is 2. The van der Waals surface area contributed by atoms with E-state index in [2.05, 4.69) is 4.98 Å². The standard InChI is InChI=1S/C28H25N3O2/c1-19-16-27(31(20(2)32)23-11-4-3-5-12-23)24-13-7-9-15-26(24)30(19)28(33)22-17-21-10-6-8-14-25(21)29-18-22/h3-15,17-19,27H,16H2,1-2H3. The Morgan fingerprint density at radius 2 is 1.64 bits per heavy atom. The number of anilines is 2. The molecule has 0 N–H and O–H groups in total. The van der Waals surface area contributed by atoms with Gasteiger partial charge in [0.15, 0.2) is 0 Å². The molecule has 0 bridgehead atoms. The fourth-order valence-corrected chi connectivity index (χ4v) is 4.83. The normalized spacial score (nSPS) is 17.5. The highest BCUT2D eigenvalue weighted by molar-refractivity contribution is 6.08. The molecule has 1 aliphatic heterocycles. The second kappa shape index (κ2) is 8.51. The van der Waals surface area contributed by atoms with Crippen LogP contribution in [0.25, 0.3) is 10.9 Å². The van der Waals surface area contributed by atoms with Crippen molar-refractivity contribution in [2.45, 2.75) is 32.4 Å². The number of nitrogens with zero attached hydrogens (tertiary/aromatic N) is 3. The van der Waals surface area contributed by atoms with Gasteiger partial charge in [-0.05, 0) is 49.2 Å². The maximum absolute atomic E-state index is 13.7. The zero-order valence-corrected chi connectivity index (χ0v) is 18.7. The highest BCUT2D eigenvalue weighted by Gasteiger charge is 2.38. The van der Waals surface area contributed by atoms with Crippen molar-refractivity contribution in [3.63, 3.8) is 0 Å². The van der Waals surface area contributed by atoms with E-state index in [0.717, 1.165) is 27.8 Å². The maximum atomic E-state index is 13.7. The lowest BCUT2D eigenvalue weighted by Gasteiger charge is -2.43. The molecule has 5 rings (SSSR count). The van der Waals surface area contributed by atoms with Gasteiger partial charge in [0.2, 0.25) is 5.91 Å². The first-order chi connectivity index (χ1) is 16.0. The topological polar surface area (TPSA) is 53.5 Å². The van der Waals surface area contributed by atoms with Crippen LogP contribution < -0.4 is 9.80 Å². The van der Waals surface area contributed by atoms with Gasteiger partial charge in [-0.2, -0.15) is 0 Å². The zero-order chi connectivity index (χ0) is 22.9. The first-order valence-electron chi connectivity index (χ1n) is 11.2. The van der Waals surface area contributed by atoms with E-state index in [-0.39, 0.29) is 23.9 Å². The highest BCUT2D eigenvalue weighted by atomic mass is 16.2. The predicted octanol–water partition coefficient (Wildman–Crippen LogP) is 5.77. The number of amides is 2. The summed E-state index contributed by atoms with van der Waals surface area (Å²) in [5.74, 6) is -0.104. The quantitative estimate of drug-likeness (QED) is 0.411. The highest BCUT2D eigenvalue weighted by Crippen LogP contribution is 2.42. The summed E-state index contributed by atoms with van der Waals surface area (Å²) in [6, 6.07) is 27.0. The largest absolute Gasteiger partial charge is 0.305 e. The molecule has 0 fully saturated rings. The molecule has 2 unspecified atom stereocenters. The monoisotopic (exact) mass is 435 g/mol. The lowest BCUT2D eigenvalue weighted by atomic mass is 9.89. The third-order valence-corrected chi connectivity index (χ3v) is 6.30. The first kappa shape index (κ1) is 20.9. The van der Waals surface area contributed by atoms with Crippen molar-refractivity contribution in [3.05, 3.63) is 102 Å². The van der Waals surface area contributed by atoms with Gasteiger partial charge in [0.05, 0.1) is 17.1 Å². The van der Waals surface area contributed by atoms with Crippen molar-refractivity contribution >= 4 is 34.1 Å². The van der Waals surface area contributed by atoms with Crippen LogP contribution in [0.3, 0.4) is 0 Å². The van der Waals surface area contributed by atoms with Crippen LogP contribution in [0, 0.1) is 0 Å². The first-order valence-corrected chi connectivity index (χ1v) is 11.2. The van der Waals surface area contributed by atoms with E-state index in [1.165, 1.54) is 0 Å². The molecular formula is C28H25N3O2. The summed E-state index contributed by atoms with van der Waals surface area (Å²) in [5.41, 5.74) is 4.08. The van der Waals surface area contributed by atoms with Gasteiger partial charge < -0.3 is 9.80 Å². The number of para-hydroxylation sites is 3. The summed E-state index contributed by atoms with van der Waals surface area (Å²) in [6.45, 7) is 3.64. The van der Waals surface area contributed by atoms with Gasteiger partial charge in [-0.25, -0.2) is 0 Å². The molecule has 2 heterocycles. The summed E-state index contributed by atoms with van der Waals surface area (Å²) in [7, 11) is 0. The Balaban J connectivity index is 1.57. The molecule has 1 aromatic heterocycles. The van der Waals surface area contributed by atoms with Crippen LogP contribution in [0.2, 0.25) is 0 Å². The second-order valence-electron chi connectivity index (χ2n) is 8.48. The average Bonchev–Trinajstić information content (AvgIpc) is 2.84. The molecule has 0 aliphatic carbocycles. The van der Waals surface area contributed by atoms with Crippen molar-refractivity contribution in [1.82, 2.24) is 4.98 Å². The number of rotatable bonds is 3. The molecule has 0 saturated carbocycles. The van der Waals surface area contributed by atoms with E-state index in [1.54, 1.807) is 13.1 Å². The van der Waals surface area contributed by atoms with E-state index >= 15 is 0 Å². The van der Waals surface area contributed by atoms with Crippen LogP contribution >= 0.6 is 0 Å². The van der Waals surface area contributed by atoms with Gasteiger partial charge in [0.1, 0.15) is 0 Å². The number of benzene rings is 3. The van der Waals surface area contributed by atoms with Crippen LogP contribution in [0.5, 0.6) is 0 Å². The van der Waals surface area contributed by atoms with E-state index in [0.29, 0.717) is 12.0 Å². The molecule has 2 atom stereocenters. The van der Waals surface area contributed by atoms with Gasteiger partial charge in [-0.1, -0.05) is 54.6 Å². The van der Waals surface area contributed by atoms with Crippen molar-refractivity contribution < 1.29 is 9.59 Å². The Bertz CT molecular complexity index is 1340. The fourth-order valence-electron chi connectivity index (χ4n) is 4.83. The van der Waals surface area contributed by atoms with Crippen molar-refractivity contribution in [1.29, 1.82) is 0 Å². The lowest BCUT2D eigenvalue weighted by Crippen LogP contribution is -2.47. The minimum atomic E-state index is -0.158. The molecular weight excluding hydrogens is 410 g/mol. The molecule has 33 heavy (non-hydrogen) atoms. The summed E-state index contributed by atoms with van der Waals surface area (Å²) < 4.78 is 0. The molecule has 5 heteroatoms. The van der Waals surface area contributed by atoms with Crippen molar-refractivity contribution in [2.75, 3.05) is 9.80 Å². The Morgan fingerprint density at radius 3 is 2.42 bits per heavy atom. The minimum absolute atomic E-state index is 0.0216. The third-order valence-electron chi connectivity index (χ3n) is 6.30. The van der Waals surface area contributed by atoms with Crippen molar-refractivity contribution in [2.24, 2.45) is 0 Å². The van der Waals surface area contributed by atoms with Crippen LogP contribution in [0.1, 0.15) is 42.2 Å². The molecule has 4 aromatic rings. The Labute approximate surface area is 193 Å². The number of hydrogen-bond acceptors (Lipinski definition) is 3. The predicted molar refractivity (Wildman–Crippen MR) is 131 cm³/mol. The minimum Gasteiger partial charge on any atom is -0.305 e. The number of carbonyl (C=O) groups is 2. The molecule has 3 aromatic carbocycles. The molecule has 0 spiro atoms. The molecule has 0 saturated heterocycles. The number of hydrogen-bond donors (Lipinski definition) is 0. The summed E-state index contributed by atoms with van der Waals surface area (Å²) in [5, 5.41) is 0.936. The fraction of sp³-hybridized carbons (Fsp3) is 0.179. The maximum Gasteiger partial charge on any atom is 0.260 e. The summed E-state index contributed by atoms with van der Waals surface area (Å²) in [4.78, 5) is 34.6. The molecule has 1 aliphatic rings. The van der Waals surface area contributed by atoms with Gasteiger partial charge >= 0.3 is 0 Å². The molecule has 5 nitrogen and oxygen atoms in total. The summed E-state index contributed by atoms with van der Waals surface area (Å²) in [6.07, 6.45) is 2.29. The van der Waals surface area contributed by atoms with E-state index < -0.39 is 0 Å². The van der Waals surface area contributed by atoms with Gasteiger partial charge in [-0.3, -0.25) is 14.6 Å². The van der Waals surface area contributed by atoms with E-state index in [4.69, 9.17) is 0 Å². The zero-order valence-electron chi connectivity index (χ0n) is 18.7. The van der Waals surface area contributed by atoms with Crippen LogP contribution in [-0.4, -0.2) is 22.8 Å². The van der Waals surface area contributed by atoms with E-state index in [1.807, 2.05) is 102 Å². The van der Waals surface area contributed by atoms with Gasteiger partial charge in [0, 0.05) is 35.9 Å². The second-order valence-corrected chi connectivity index (χ2v) is 8.48. The Hall–Kier alpha value is -3.99. The van der Waals surface area contributed by atoms with Crippen LogP contribution in [0.15, 0.2) is 91.1 Å². The van der Waals surface area contributed by atoms with E-state index in [9.17, 15) is 9.59 Å². The van der Waals surface area contributed by atoms with Gasteiger partial charge in [-0.15, -0.1) is 0 Å². The number of carbonyl (C=O) groups excluding carboxylic acids is 2. The Morgan fingerprint density at radius 1 is 0.939 bits per heavy atom. The number of aromatic nitrogens is 1. The summed E-state index contributed by atoms with van der Waals surface area (Å²) >= 11 is 0. The average molecular weight is 436 g/mol. The number of pyridine rings is 1. The smallest absolute Gasteiger partial charge is 0.260 e. The molecule has 164 valence electrons. The third kappa shape index (κ3) is 3.76. The Kier molecular flexibility index (Phi) is 5.38. The van der Waals surface area contributed by atoms with Crippen LogP contribution in [0.4, 0.5) is 11.4 Å². The van der Waals surface area contributed by atoms with Crippen LogP contribution in [-0.2, 0) is 4.79 Å². The molecule has 0 radical (unpaired) electrons. The van der Waals surface area contributed by atoms with Crippen molar-refractivity contribution in [3.8, 4) is 0 Å².